The van der Waals surface area contributed by atoms with Crippen LogP contribution < -0.4 is 0 Å². The maximum atomic E-state index is 10.3. The molecule has 2 N–H and O–H groups in total. The summed E-state index contributed by atoms with van der Waals surface area (Å²) < 4.78 is 148. The van der Waals surface area contributed by atoms with Crippen LogP contribution in [0, 0.1) is 41.4 Å². The van der Waals surface area contributed by atoms with E-state index >= 15 is 0 Å². The molecule has 18 aliphatic rings. The average Bonchev–Trinajstić information content (AvgIpc) is 1.55. The Morgan fingerprint density at radius 2 is 0.847 bits per heavy atom. The molecule has 20 rings (SSSR count). The molecular weight excluding hydrogens is 1740 g/mol. The topological polar surface area (TPSA) is 334 Å². The van der Waals surface area contributed by atoms with Gasteiger partial charge in [-0.25, -0.2) is 0 Å². The first-order chi connectivity index (χ1) is 62.7. The molecule has 131 heavy (non-hydrogen) atoms. The minimum Gasteiger partial charge on any atom is -0.417 e. The first kappa shape index (κ1) is 104. The summed E-state index contributed by atoms with van der Waals surface area (Å²) >= 11 is -1.50. The molecule has 2 aromatic rings. The highest BCUT2D eigenvalue weighted by Crippen LogP contribution is 2.58. The lowest BCUT2D eigenvalue weighted by Gasteiger charge is -2.47. The Morgan fingerprint density at radius 1 is 0.473 bits per heavy atom. The van der Waals surface area contributed by atoms with E-state index in [9.17, 15) is 10.2 Å². The molecular formula is C101H148O27S2Si. The molecule has 18 fully saturated rings. The van der Waals surface area contributed by atoms with Crippen LogP contribution in [0.5, 0.6) is 0 Å². The Balaban J connectivity index is 0.000000200. The van der Waals surface area contributed by atoms with Gasteiger partial charge < -0.3 is 90.4 Å². The quantitative estimate of drug-likeness (QED) is 0.0542. The summed E-state index contributed by atoms with van der Waals surface area (Å²) in [7, 11) is -1.82. The highest BCUT2D eigenvalue weighted by molar-refractivity contribution is 7.52. The molecule has 0 aliphatic carbocycles. The molecule has 6 unspecified atom stereocenters. The largest absolute Gasteiger partial charge is 0.417 e. The summed E-state index contributed by atoms with van der Waals surface area (Å²) in [6.45, 7) is 46.3. The highest BCUT2D eigenvalue weighted by atomic mass is 32.1. The Hall–Kier alpha value is -4.74. The zero-order valence-corrected chi connectivity index (χ0v) is 81.7. The average molecular weight is 1890 g/mol. The van der Waals surface area contributed by atoms with Gasteiger partial charge in [-0.05, 0) is 215 Å². The zero-order chi connectivity index (χ0) is 94.0. The lowest BCUT2D eigenvalue weighted by Crippen LogP contribution is -2.61. The number of hydrogen-bond acceptors (Lipinski definition) is 27. The van der Waals surface area contributed by atoms with Gasteiger partial charge in [0, 0.05) is 51.6 Å². The van der Waals surface area contributed by atoms with Crippen molar-refractivity contribution < 1.29 is 126 Å². The Bertz CT molecular complexity index is 4160. The van der Waals surface area contributed by atoms with Gasteiger partial charge in [-0.15, -0.1) is 0 Å². The summed E-state index contributed by atoms with van der Waals surface area (Å²) in [5.74, 6) is 1.12. The lowest BCUT2D eigenvalue weighted by atomic mass is 9.78. The molecule has 0 aromatic heterocycles. The summed E-state index contributed by atoms with van der Waals surface area (Å²) in [6.07, 6.45) is 22.6. The Morgan fingerprint density at radius 3 is 1.24 bits per heavy atom. The van der Waals surface area contributed by atoms with E-state index in [1.54, 1.807) is 0 Å². The van der Waals surface area contributed by atoms with Crippen LogP contribution in [0.2, 0.25) is 18.1 Å². The van der Waals surface area contributed by atoms with E-state index in [-0.39, 0.29) is 207 Å². The van der Waals surface area contributed by atoms with Crippen LogP contribution in [0.1, 0.15) is 234 Å². The second kappa shape index (κ2) is 46.4. The van der Waals surface area contributed by atoms with Crippen LogP contribution in [-0.2, 0) is 135 Å². The fraction of sp³-hybridized carbons (Fsp3) is 0.782. The first-order valence-electron chi connectivity index (χ1n) is 48.9. The summed E-state index contributed by atoms with van der Waals surface area (Å²) in [5, 5.41) is 20.1. The van der Waals surface area contributed by atoms with Crippen LogP contribution in [0.25, 0.3) is 0 Å². The smallest absolute Gasteiger partial charge is 0.373 e. The number of rotatable bonds is 30. The number of aliphatic hydroxyl groups is 2. The minimum absolute atomic E-state index is 0.00101. The van der Waals surface area contributed by atoms with E-state index in [1.807, 2.05) is 6.07 Å². The number of fused-ring (bicyclic) bond motifs is 2. The van der Waals surface area contributed by atoms with E-state index in [0.717, 1.165) is 178 Å². The molecule has 730 valence electrons. The van der Waals surface area contributed by atoms with Gasteiger partial charge in [0.2, 0.25) is 0 Å². The van der Waals surface area contributed by atoms with Crippen LogP contribution in [-0.4, -0.2) is 249 Å². The molecule has 0 saturated carbocycles. The SMILES string of the molecule is C=C1C[C@H](CC[C@@]23C[C@H]4O[C@H]5[C@@H](O2)[C@H]2O[C@@H](CC)CC[C@@H]2O[C@H]5C4O3)OC1CC[C@H]1C[C@@H](C)C(=C)C(C[C@@H]2O[C@H](C[C@H](C)CO[Si](C)(C)C(C)(C)C)[C@H](C)[C@H]2Cc2ccccc2)O1.C=C1C[C@H](CC[C@@]23C[C@H]4O[C@H]5[C@@H](O2)[C@H]2O[C@@H](CC)CC[C@@H]2O[C@H]5C4O3)OC1CC[C@H]1C[C@@H](C)C(=C)C(C[C@@H]2O[C@H](C[C@H](O)CO)[C@H](C)[C@H]2Cc2ccccc2)O1.O=C=O.O=C=O.O=S=O.O=S=O. The third kappa shape index (κ3) is 24.6. The number of carbonyl (C=O) groups excluding carboxylic acids is 4. The predicted octanol–water partition coefficient (Wildman–Crippen LogP) is 14.6. The van der Waals surface area contributed by atoms with Crippen molar-refractivity contribution in [3.63, 3.8) is 0 Å². The van der Waals surface area contributed by atoms with Crippen molar-refractivity contribution in [1.82, 2.24) is 0 Å². The molecule has 38 atom stereocenters. The highest BCUT2D eigenvalue weighted by Gasteiger charge is 2.71. The Kier molecular flexibility index (Phi) is 36.7. The van der Waals surface area contributed by atoms with Crippen LogP contribution in [0.15, 0.2) is 109 Å². The van der Waals surface area contributed by atoms with E-state index < -0.39 is 49.1 Å². The van der Waals surface area contributed by atoms with E-state index in [4.69, 9.17) is 116 Å². The van der Waals surface area contributed by atoms with E-state index in [2.05, 4.69) is 163 Å². The number of hydrogen-bond donors (Lipinski definition) is 2. The van der Waals surface area contributed by atoms with Gasteiger partial charge in [0.05, 0.1) is 123 Å². The van der Waals surface area contributed by atoms with Gasteiger partial charge in [-0.3, -0.25) is 0 Å². The van der Waals surface area contributed by atoms with Crippen molar-refractivity contribution >= 4 is 43.8 Å². The molecule has 0 radical (unpaired) electrons. The molecule has 2 aromatic carbocycles. The summed E-state index contributed by atoms with van der Waals surface area (Å²) in [6, 6.07) is 21.6. The summed E-state index contributed by atoms with van der Waals surface area (Å²) in [4.78, 5) is 32.5. The van der Waals surface area contributed by atoms with Crippen molar-refractivity contribution in [2.75, 3.05) is 13.2 Å². The third-order valence-corrected chi connectivity index (χ3v) is 36.9. The number of ether oxygens (including phenoxy) is 16. The van der Waals surface area contributed by atoms with Crippen molar-refractivity contribution in [1.29, 1.82) is 0 Å². The fourth-order valence-electron chi connectivity index (χ4n) is 24.1. The molecule has 12 bridgehead atoms. The maximum absolute atomic E-state index is 10.3. The molecule has 18 saturated heterocycles. The molecule has 0 spiro atoms. The fourth-order valence-corrected chi connectivity index (χ4v) is 25.2. The Labute approximate surface area is 783 Å². The van der Waals surface area contributed by atoms with Crippen LogP contribution >= 0.6 is 0 Å². The van der Waals surface area contributed by atoms with Crippen molar-refractivity contribution in [2.45, 2.75) is 443 Å². The van der Waals surface area contributed by atoms with Crippen molar-refractivity contribution in [3.8, 4) is 0 Å². The molecule has 18 aliphatic heterocycles. The monoisotopic (exact) mass is 1880 g/mol. The number of aliphatic hydroxyl groups excluding tert-OH is 2. The minimum atomic E-state index is -1.82. The van der Waals surface area contributed by atoms with Gasteiger partial charge in [-0.1, -0.05) is 156 Å². The van der Waals surface area contributed by atoms with Gasteiger partial charge >= 0.3 is 35.4 Å². The van der Waals surface area contributed by atoms with Gasteiger partial charge in [0.15, 0.2) is 19.9 Å². The first-order valence-corrected chi connectivity index (χ1v) is 53.1. The molecule has 27 nitrogen and oxygen atoms in total. The lowest BCUT2D eigenvalue weighted by molar-refractivity contribution is -0.293. The molecule has 0 amide bonds. The van der Waals surface area contributed by atoms with Crippen LogP contribution in [0.4, 0.5) is 0 Å². The van der Waals surface area contributed by atoms with E-state index in [1.165, 1.54) is 22.3 Å². The summed E-state index contributed by atoms with van der Waals surface area (Å²) in [5.41, 5.74) is 7.38. The van der Waals surface area contributed by atoms with Crippen molar-refractivity contribution in [2.24, 2.45) is 41.4 Å². The normalized spacial score (nSPS) is 41.7. The molecule has 30 heteroatoms. The van der Waals surface area contributed by atoms with Gasteiger partial charge in [-0.2, -0.15) is 36.0 Å². The predicted molar refractivity (Wildman–Crippen MR) is 485 cm³/mol. The van der Waals surface area contributed by atoms with Gasteiger partial charge in [0.25, 0.3) is 0 Å². The van der Waals surface area contributed by atoms with Crippen molar-refractivity contribution in [3.05, 3.63) is 120 Å². The zero-order valence-electron chi connectivity index (χ0n) is 79.1. The maximum Gasteiger partial charge on any atom is 0.373 e. The van der Waals surface area contributed by atoms with Gasteiger partial charge in [0.1, 0.15) is 61.0 Å². The second-order valence-corrected chi connectivity index (χ2v) is 47.1. The van der Waals surface area contributed by atoms with Crippen LogP contribution in [0.3, 0.4) is 0 Å². The van der Waals surface area contributed by atoms with E-state index in [0.29, 0.717) is 36.0 Å². The second-order valence-electron chi connectivity index (χ2n) is 42.0. The molecule has 18 heterocycles. The number of benzene rings is 2. The standard InChI is InChI=1S/C53H82O9Si.C46H66O10.2CO2.2O2S/c1-12-37-18-21-42-47(57-37)51-50-49(59-42)48-46(60-50)29-53(61-48,62-51)23-22-39-26-33(4)41(55-39)20-19-38-25-32(3)34(5)44(56-38)28-45-40(27-36-16-14-13-15-17-36)35(6)43(58-45)24-31(2)30-54-63(10,11)52(7,8)9;1-6-31-12-15-36-41(51-31)45-44-43(53-36)42-40(54-44)23-46(55-42,56-45)17-16-33-19-26(3)35(49-33)14-13-32-18-25(2)27(4)38(50-32)22-39-34(20-29-10-8-7-9-11-29)28(5)37(52-39)21-30(48)24-47;2*2-1-3;2*1-3-2/h13-17,31-32,35,37-51H,4-5,12,18-30H2,1-3,6-11H3;7-11,25,28,30-45,47-48H,3-4,6,12-24H2,1-2,5H3;;;;/t31-,32+,35+,37-,38-,39-,40+,41?,42-,43+,44?,45-,46+,47-,48?,49-,50+,51-,53-;25-,28-,30+,31+,32+,33+,34-,35?,36+,37-,38?,39+,40-,41+,42?,43+,44-,45+,46+;;;;/m01..../s1. The third-order valence-electron chi connectivity index (χ3n) is 32.4.